The average Bonchev–Trinajstić information content (AvgIpc) is 2.83. The molecule has 0 atom stereocenters. The zero-order valence-electron chi connectivity index (χ0n) is 7.60. The molecule has 0 spiro atoms. The van der Waals surface area contributed by atoms with Crippen LogP contribution in [0.5, 0.6) is 0 Å². The lowest BCUT2D eigenvalue weighted by Gasteiger charge is -2.11. The fourth-order valence-electron chi connectivity index (χ4n) is 1.32. The Bertz CT molecular complexity index is 332. The summed E-state index contributed by atoms with van der Waals surface area (Å²) in [5, 5.41) is 3.41. The molecule has 0 saturated heterocycles. The first kappa shape index (κ1) is 8.88. The van der Waals surface area contributed by atoms with Crippen molar-refractivity contribution in [2.75, 3.05) is 11.1 Å². The van der Waals surface area contributed by atoms with E-state index < -0.39 is 0 Å². The van der Waals surface area contributed by atoms with Gasteiger partial charge in [0, 0.05) is 10.5 Å². The van der Waals surface area contributed by atoms with Crippen molar-refractivity contribution in [2.45, 2.75) is 25.8 Å². The molecule has 1 aliphatic carbocycles. The Kier molecular flexibility index (Phi) is 2.20. The van der Waals surface area contributed by atoms with Crippen LogP contribution in [0.15, 0.2) is 16.6 Å². The van der Waals surface area contributed by atoms with Crippen molar-refractivity contribution >= 4 is 27.3 Å². The van der Waals surface area contributed by atoms with E-state index in [9.17, 15) is 0 Å². The minimum absolute atomic E-state index is 0.649. The maximum atomic E-state index is 5.94. The molecule has 1 aromatic rings. The largest absolute Gasteiger partial charge is 0.397 e. The maximum Gasteiger partial charge on any atom is 0.0590 e. The third-order valence-electron chi connectivity index (χ3n) is 2.29. The predicted octanol–water partition coefficient (Wildman–Crippen LogP) is 2.91. The molecule has 0 unspecified atom stereocenters. The SMILES string of the molecule is Cc1cc(Br)cc(NC2CC2)c1N. The molecule has 2 rings (SSSR count). The molecule has 1 saturated carbocycles. The van der Waals surface area contributed by atoms with Gasteiger partial charge in [-0.2, -0.15) is 0 Å². The molecule has 13 heavy (non-hydrogen) atoms. The van der Waals surface area contributed by atoms with Gasteiger partial charge >= 0.3 is 0 Å². The number of nitrogen functional groups attached to an aromatic ring is 1. The van der Waals surface area contributed by atoms with Crippen LogP contribution in [0.1, 0.15) is 18.4 Å². The molecule has 2 nitrogen and oxygen atoms in total. The van der Waals surface area contributed by atoms with E-state index in [0.29, 0.717) is 6.04 Å². The molecule has 1 fully saturated rings. The molecule has 0 radical (unpaired) electrons. The van der Waals surface area contributed by atoms with Crippen molar-refractivity contribution in [1.29, 1.82) is 0 Å². The second-order valence-electron chi connectivity index (χ2n) is 3.60. The van der Waals surface area contributed by atoms with Gasteiger partial charge in [-0.25, -0.2) is 0 Å². The van der Waals surface area contributed by atoms with Crippen molar-refractivity contribution in [3.63, 3.8) is 0 Å². The molecule has 0 amide bonds. The fourth-order valence-corrected chi connectivity index (χ4v) is 1.89. The van der Waals surface area contributed by atoms with Gasteiger partial charge in [0.05, 0.1) is 11.4 Å². The van der Waals surface area contributed by atoms with Crippen LogP contribution in [-0.4, -0.2) is 6.04 Å². The molecule has 70 valence electrons. The van der Waals surface area contributed by atoms with Crippen molar-refractivity contribution < 1.29 is 0 Å². The van der Waals surface area contributed by atoms with Gasteiger partial charge in [-0.3, -0.25) is 0 Å². The Morgan fingerprint density at radius 2 is 2.15 bits per heavy atom. The topological polar surface area (TPSA) is 38.0 Å². The van der Waals surface area contributed by atoms with Gasteiger partial charge in [0.2, 0.25) is 0 Å². The zero-order chi connectivity index (χ0) is 9.42. The number of hydrogen-bond acceptors (Lipinski definition) is 2. The summed E-state index contributed by atoms with van der Waals surface area (Å²) in [4.78, 5) is 0. The number of nitrogens with one attached hydrogen (secondary N) is 1. The number of anilines is 2. The smallest absolute Gasteiger partial charge is 0.0590 e. The number of hydrogen-bond donors (Lipinski definition) is 2. The number of halogens is 1. The molecular weight excluding hydrogens is 228 g/mol. The third kappa shape index (κ3) is 1.97. The highest BCUT2D eigenvalue weighted by Crippen LogP contribution is 2.32. The summed E-state index contributed by atoms with van der Waals surface area (Å²) in [5.41, 5.74) is 9.00. The molecule has 0 bridgehead atoms. The number of nitrogens with two attached hydrogens (primary N) is 1. The summed E-state index contributed by atoms with van der Waals surface area (Å²) < 4.78 is 1.09. The summed E-state index contributed by atoms with van der Waals surface area (Å²) in [6, 6.07) is 4.73. The molecule has 0 aromatic heterocycles. The highest BCUT2D eigenvalue weighted by atomic mass is 79.9. The Hall–Kier alpha value is -0.700. The maximum absolute atomic E-state index is 5.94. The van der Waals surface area contributed by atoms with Crippen LogP contribution in [0.4, 0.5) is 11.4 Å². The second kappa shape index (κ2) is 3.22. The van der Waals surface area contributed by atoms with E-state index in [2.05, 4.69) is 21.2 Å². The van der Waals surface area contributed by atoms with E-state index in [1.54, 1.807) is 0 Å². The highest BCUT2D eigenvalue weighted by molar-refractivity contribution is 9.10. The van der Waals surface area contributed by atoms with Crippen LogP contribution in [-0.2, 0) is 0 Å². The summed E-state index contributed by atoms with van der Waals surface area (Å²) in [7, 11) is 0. The van der Waals surface area contributed by atoms with E-state index in [-0.39, 0.29) is 0 Å². The van der Waals surface area contributed by atoms with Crippen molar-refractivity contribution in [1.82, 2.24) is 0 Å². The molecule has 3 N–H and O–H groups in total. The summed E-state index contributed by atoms with van der Waals surface area (Å²) in [6.07, 6.45) is 2.54. The minimum Gasteiger partial charge on any atom is -0.397 e. The van der Waals surface area contributed by atoms with Crippen LogP contribution < -0.4 is 11.1 Å². The van der Waals surface area contributed by atoms with Gasteiger partial charge in [-0.05, 0) is 37.5 Å². The van der Waals surface area contributed by atoms with E-state index in [1.807, 2.05) is 19.1 Å². The molecule has 3 heteroatoms. The van der Waals surface area contributed by atoms with Gasteiger partial charge in [0.1, 0.15) is 0 Å². The van der Waals surface area contributed by atoms with Gasteiger partial charge in [0.25, 0.3) is 0 Å². The number of rotatable bonds is 2. The third-order valence-corrected chi connectivity index (χ3v) is 2.75. The minimum atomic E-state index is 0.649. The van der Waals surface area contributed by atoms with Crippen LogP contribution >= 0.6 is 15.9 Å². The second-order valence-corrected chi connectivity index (χ2v) is 4.52. The molecule has 0 aliphatic heterocycles. The Labute approximate surface area is 86.6 Å². The lowest BCUT2D eigenvalue weighted by Crippen LogP contribution is -2.05. The zero-order valence-corrected chi connectivity index (χ0v) is 9.19. The first-order valence-electron chi connectivity index (χ1n) is 4.49. The van der Waals surface area contributed by atoms with Crippen molar-refractivity contribution in [3.8, 4) is 0 Å². The first-order chi connectivity index (χ1) is 6.16. The fraction of sp³-hybridized carbons (Fsp3) is 0.400. The summed E-state index contributed by atoms with van der Waals surface area (Å²) in [6.45, 7) is 2.03. The Morgan fingerprint density at radius 3 is 2.77 bits per heavy atom. The van der Waals surface area contributed by atoms with Crippen LogP contribution in [0.3, 0.4) is 0 Å². The standard InChI is InChI=1S/C10H13BrN2/c1-6-4-7(11)5-9(10(6)12)13-8-2-3-8/h4-5,8,13H,2-3,12H2,1H3. The number of benzene rings is 1. The van der Waals surface area contributed by atoms with Crippen LogP contribution in [0.25, 0.3) is 0 Å². The monoisotopic (exact) mass is 240 g/mol. The Morgan fingerprint density at radius 1 is 1.46 bits per heavy atom. The van der Waals surface area contributed by atoms with E-state index in [4.69, 9.17) is 5.73 Å². The molecule has 0 heterocycles. The summed E-state index contributed by atoms with van der Waals surface area (Å²) >= 11 is 3.46. The van der Waals surface area contributed by atoms with Crippen molar-refractivity contribution in [3.05, 3.63) is 22.2 Å². The van der Waals surface area contributed by atoms with Crippen LogP contribution in [0, 0.1) is 6.92 Å². The average molecular weight is 241 g/mol. The molecule has 1 aromatic carbocycles. The predicted molar refractivity (Wildman–Crippen MR) is 59.9 cm³/mol. The Balaban J connectivity index is 2.30. The van der Waals surface area contributed by atoms with Gasteiger partial charge < -0.3 is 11.1 Å². The summed E-state index contributed by atoms with van der Waals surface area (Å²) in [5.74, 6) is 0. The molecule has 1 aliphatic rings. The van der Waals surface area contributed by atoms with Crippen LogP contribution in [0.2, 0.25) is 0 Å². The van der Waals surface area contributed by atoms with Gasteiger partial charge in [0.15, 0.2) is 0 Å². The lowest BCUT2D eigenvalue weighted by atomic mass is 10.2. The highest BCUT2D eigenvalue weighted by Gasteiger charge is 2.21. The quantitative estimate of drug-likeness (QED) is 0.781. The van der Waals surface area contributed by atoms with Gasteiger partial charge in [-0.1, -0.05) is 15.9 Å². The number of aryl methyl sites for hydroxylation is 1. The first-order valence-corrected chi connectivity index (χ1v) is 5.28. The van der Waals surface area contributed by atoms with E-state index in [1.165, 1.54) is 12.8 Å². The van der Waals surface area contributed by atoms with Gasteiger partial charge in [-0.15, -0.1) is 0 Å². The normalized spacial score (nSPS) is 15.8. The lowest BCUT2D eigenvalue weighted by molar-refractivity contribution is 1.15. The van der Waals surface area contributed by atoms with E-state index >= 15 is 0 Å². The van der Waals surface area contributed by atoms with E-state index in [0.717, 1.165) is 21.4 Å². The molecular formula is C10H13BrN2. The van der Waals surface area contributed by atoms with Crippen molar-refractivity contribution in [2.24, 2.45) is 0 Å².